The molecule has 0 aromatic carbocycles. The second-order valence-electron chi connectivity index (χ2n) is 3.90. The lowest BCUT2D eigenvalue weighted by atomic mass is 10.1. The fraction of sp³-hybridized carbons (Fsp3) is 0.385. The largest absolute Gasteiger partial charge is 0.509 e. The Bertz CT molecular complexity index is 392. The van der Waals surface area contributed by atoms with E-state index in [-0.39, 0.29) is 18.8 Å². The summed E-state index contributed by atoms with van der Waals surface area (Å²) in [6, 6.07) is 0. The molecule has 19 heavy (non-hydrogen) atoms. The molecule has 2 aliphatic heterocycles. The molecular formula is C13H16O6. The maximum Gasteiger partial charge on any atom is 0.509 e. The van der Waals surface area contributed by atoms with Crippen molar-refractivity contribution in [3.63, 3.8) is 0 Å². The first-order chi connectivity index (χ1) is 8.96. The molecule has 0 aliphatic carbocycles. The molecule has 2 rings (SSSR count). The van der Waals surface area contributed by atoms with Gasteiger partial charge in [0, 0.05) is 0 Å². The Labute approximate surface area is 111 Å². The van der Waals surface area contributed by atoms with E-state index in [4.69, 9.17) is 4.74 Å². The second kappa shape index (κ2) is 6.08. The van der Waals surface area contributed by atoms with Crippen LogP contribution >= 0.6 is 0 Å². The Kier molecular flexibility index (Phi) is 4.74. The Morgan fingerprint density at radius 1 is 1.16 bits per heavy atom. The van der Waals surface area contributed by atoms with Crippen LogP contribution in [0, 0.1) is 0 Å². The van der Waals surface area contributed by atoms with E-state index >= 15 is 0 Å². The minimum Gasteiger partial charge on any atom is -0.429 e. The highest BCUT2D eigenvalue weighted by Gasteiger charge is 2.36. The van der Waals surface area contributed by atoms with E-state index < -0.39 is 17.9 Å². The van der Waals surface area contributed by atoms with Crippen molar-refractivity contribution in [1.29, 1.82) is 0 Å². The van der Waals surface area contributed by atoms with E-state index in [0.717, 1.165) is 0 Å². The van der Waals surface area contributed by atoms with Gasteiger partial charge in [-0.2, -0.15) is 0 Å². The Morgan fingerprint density at radius 3 is 2.00 bits per heavy atom. The molecule has 6 heteroatoms. The zero-order chi connectivity index (χ0) is 14.5. The number of cyclic esters (lactones) is 4. The SMILES string of the molecule is C=CC1(C=C)COC(=O)O1.C=CC1OC(=O)OC1C. The quantitative estimate of drug-likeness (QED) is 0.578. The van der Waals surface area contributed by atoms with E-state index in [1.807, 2.05) is 0 Å². The summed E-state index contributed by atoms with van der Waals surface area (Å²) < 4.78 is 18.6. The summed E-state index contributed by atoms with van der Waals surface area (Å²) in [7, 11) is 0. The Morgan fingerprint density at radius 2 is 1.79 bits per heavy atom. The topological polar surface area (TPSA) is 71.1 Å². The predicted molar refractivity (Wildman–Crippen MR) is 66.6 cm³/mol. The lowest BCUT2D eigenvalue weighted by Crippen LogP contribution is -2.25. The van der Waals surface area contributed by atoms with Gasteiger partial charge >= 0.3 is 12.3 Å². The van der Waals surface area contributed by atoms with Crippen LogP contribution in [0.25, 0.3) is 0 Å². The fourth-order valence-electron chi connectivity index (χ4n) is 1.36. The van der Waals surface area contributed by atoms with Crippen LogP contribution in [0.15, 0.2) is 38.0 Å². The molecule has 0 spiro atoms. The van der Waals surface area contributed by atoms with Crippen molar-refractivity contribution >= 4 is 12.3 Å². The third kappa shape index (κ3) is 3.61. The first kappa shape index (κ1) is 14.8. The van der Waals surface area contributed by atoms with Crippen LogP contribution in [0.1, 0.15) is 6.92 Å². The van der Waals surface area contributed by atoms with Crippen LogP contribution in [-0.4, -0.2) is 36.7 Å². The van der Waals surface area contributed by atoms with Crippen molar-refractivity contribution in [3.8, 4) is 0 Å². The normalized spacial score (nSPS) is 26.8. The maximum absolute atomic E-state index is 10.4. The van der Waals surface area contributed by atoms with Gasteiger partial charge in [0.1, 0.15) is 12.7 Å². The summed E-state index contributed by atoms with van der Waals surface area (Å²) in [5.41, 5.74) is -0.795. The highest BCUT2D eigenvalue weighted by molar-refractivity contribution is 5.64. The molecule has 0 bridgehead atoms. The summed E-state index contributed by atoms with van der Waals surface area (Å²) in [5, 5.41) is 0. The van der Waals surface area contributed by atoms with Gasteiger partial charge in [-0.25, -0.2) is 9.59 Å². The summed E-state index contributed by atoms with van der Waals surface area (Å²) in [4.78, 5) is 20.8. The van der Waals surface area contributed by atoms with Gasteiger partial charge in [0.2, 0.25) is 0 Å². The maximum atomic E-state index is 10.4. The lowest BCUT2D eigenvalue weighted by Gasteiger charge is -2.13. The molecule has 0 aromatic heterocycles. The molecule has 2 atom stereocenters. The highest BCUT2D eigenvalue weighted by Crippen LogP contribution is 2.21. The molecule has 2 fully saturated rings. The van der Waals surface area contributed by atoms with E-state index in [1.165, 1.54) is 12.2 Å². The van der Waals surface area contributed by atoms with Gasteiger partial charge in [0.15, 0.2) is 11.7 Å². The molecule has 0 amide bonds. The predicted octanol–water partition coefficient (Wildman–Crippen LogP) is 2.36. The summed E-state index contributed by atoms with van der Waals surface area (Å²) in [5.74, 6) is 0. The van der Waals surface area contributed by atoms with Gasteiger partial charge in [0.25, 0.3) is 0 Å². The lowest BCUT2D eigenvalue weighted by molar-refractivity contribution is 0.110. The average molecular weight is 268 g/mol. The van der Waals surface area contributed by atoms with Gasteiger partial charge in [-0.05, 0) is 25.2 Å². The molecule has 104 valence electrons. The zero-order valence-electron chi connectivity index (χ0n) is 10.7. The molecule has 2 unspecified atom stereocenters. The number of carbonyl (C=O) groups excluding carboxylic acids is 2. The van der Waals surface area contributed by atoms with Crippen molar-refractivity contribution in [3.05, 3.63) is 38.0 Å². The average Bonchev–Trinajstić information content (AvgIpc) is 2.93. The molecule has 2 saturated heterocycles. The van der Waals surface area contributed by atoms with Gasteiger partial charge < -0.3 is 18.9 Å². The van der Waals surface area contributed by atoms with Crippen LogP contribution in [-0.2, 0) is 18.9 Å². The van der Waals surface area contributed by atoms with Crippen molar-refractivity contribution in [2.75, 3.05) is 6.61 Å². The van der Waals surface area contributed by atoms with Crippen LogP contribution in [0.3, 0.4) is 0 Å². The van der Waals surface area contributed by atoms with Gasteiger partial charge in [-0.15, -0.1) is 0 Å². The summed E-state index contributed by atoms with van der Waals surface area (Å²) >= 11 is 0. The van der Waals surface area contributed by atoms with E-state index in [9.17, 15) is 9.59 Å². The summed E-state index contributed by atoms with van der Waals surface area (Å²) in [6.45, 7) is 12.4. The minimum absolute atomic E-state index is 0.179. The molecular weight excluding hydrogens is 252 g/mol. The third-order valence-corrected chi connectivity index (χ3v) is 2.59. The Balaban J connectivity index is 0.000000191. The van der Waals surface area contributed by atoms with Crippen LogP contribution in [0.4, 0.5) is 9.59 Å². The first-order valence-electron chi connectivity index (χ1n) is 5.59. The number of carbonyl (C=O) groups is 2. The number of ether oxygens (including phenoxy) is 4. The molecule has 0 aromatic rings. The van der Waals surface area contributed by atoms with Crippen molar-refractivity contribution < 1.29 is 28.5 Å². The van der Waals surface area contributed by atoms with E-state index in [0.29, 0.717) is 0 Å². The van der Waals surface area contributed by atoms with Gasteiger partial charge in [-0.3, -0.25) is 0 Å². The summed E-state index contributed by atoms with van der Waals surface area (Å²) in [6.07, 6.45) is 2.81. The van der Waals surface area contributed by atoms with Crippen molar-refractivity contribution in [2.45, 2.75) is 24.7 Å². The molecule has 6 nitrogen and oxygen atoms in total. The monoisotopic (exact) mass is 268 g/mol. The molecule has 2 heterocycles. The van der Waals surface area contributed by atoms with Crippen LogP contribution < -0.4 is 0 Å². The van der Waals surface area contributed by atoms with Crippen LogP contribution in [0.2, 0.25) is 0 Å². The van der Waals surface area contributed by atoms with E-state index in [1.54, 1.807) is 13.0 Å². The number of hydrogen-bond acceptors (Lipinski definition) is 6. The zero-order valence-corrected chi connectivity index (χ0v) is 10.7. The fourth-order valence-corrected chi connectivity index (χ4v) is 1.36. The Hall–Kier alpha value is -2.24. The standard InChI is InChI=1S/C7H8O3.C6H8O3/c1-3-7(4-2)5-9-6(8)10-7;1-3-5-4(2)8-6(7)9-5/h3-4H,1-2,5H2;3-5H,1H2,2H3. The first-order valence-corrected chi connectivity index (χ1v) is 5.59. The molecule has 0 saturated carbocycles. The second-order valence-corrected chi connectivity index (χ2v) is 3.90. The highest BCUT2D eigenvalue weighted by atomic mass is 16.8. The smallest absolute Gasteiger partial charge is 0.429 e. The van der Waals surface area contributed by atoms with Crippen molar-refractivity contribution in [1.82, 2.24) is 0 Å². The van der Waals surface area contributed by atoms with Crippen molar-refractivity contribution in [2.24, 2.45) is 0 Å². The third-order valence-electron chi connectivity index (χ3n) is 2.59. The molecule has 0 N–H and O–H groups in total. The van der Waals surface area contributed by atoms with Crippen LogP contribution in [0.5, 0.6) is 0 Å². The number of rotatable bonds is 3. The van der Waals surface area contributed by atoms with Gasteiger partial charge in [0.05, 0.1) is 0 Å². The number of hydrogen-bond donors (Lipinski definition) is 0. The minimum atomic E-state index is -0.795. The van der Waals surface area contributed by atoms with Gasteiger partial charge in [-0.1, -0.05) is 19.7 Å². The molecule has 0 radical (unpaired) electrons. The molecule has 2 aliphatic rings. The van der Waals surface area contributed by atoms with E-state index in [2.05, 4.69) is 33.9 Å².